The second-order valence-corrected chi connectivity index (χ2v) is 6.03. The van der Waals surface area contributed by atoms with Gasteiger partial charge in [0, 0.05) is 11.1 Å². The van der Waals surface area contributed by atoms with Gasteiger partial charge in [-0.25, -0.2) is 4.98 Å². The van der Waals surface area contributed by atoms with Gasteiger partial charge in [0.2, 0.25) is 0 Å². The number of nitrogens with zero attached hydrogens (tertiary/aromatic N) is 2. The molecule has 26 heavy (non-hydrogen) atoms. The SMILES string of the molecule is O=[N+]([O-])c1cc(Cl)ccc1-c1ccc(/C=C/c2nc3ccccc3[nH]2)o1. The van der Waals surface area contributed by atoms with Crippen molar-refractivity contribution in [3.63, 3.8) is 0 Å². The Morgan fingerprint density at radius 2 is 1.96 bits per heavy atom. The van der Waals surface area contributed by atoms with Gasteiger partial charge in [-0.15, -0.1) is 0 Å². The Hall–Kier alpha value is -3.38. The fraction of sp³-hybridized carbons (Fsp3) is 0. The molecule has 0 saturated carbocycles. The third-order valence-electron chi connectivity index (χ3n) is 3.86. The molecule has 0 radical (unpaired) electrons. The maximum Gasteiger partial charge on any atom is 0.281 e. The molecule has 0 aliphatic heterocycles. The molecular weight excluding hydrogens is 354 g/mol. The topological polar surface area (TPSA) is 85.0 Å². The van der Waals surface area contributed by atoms with E-state index in [1.54, 1.807) is 36.4 Å². The number of imidazole rings is 1. The van der Waals surface area contributed by atoms with Gasteiger partial charge in [-0.2, -0.15) is 0 Å². The summed E-state index contributed by atoms with van der Waals surface area (Å²) in [4.78, 5) is 18.4. The van der Waals surface area contributed by atoms with E-state index in [-0.39, 0.29) is 5.69 Å². The zero-order valence-corrected chi connectivity index (χ0v) is 14.1. The number of aromatic nitrogens is 2. The predicted molar refractivity (Wildman–Crippen MR) is 101 cm³/mol. The first-order chi connectivity index (χ1) is 12.6. The first kappa shape index (κ1) is 16.1. The van der Waals surface area contributed by atoms with Crippen LogP contribution >= 0.6 is 11.6 Å². The highest BCUT2D eigenvalue weighted by Gasteiger charge is 2.18. The van der Waals surface area contributed by atoms with Crippen LogP contribution in [0, 0.1) is 10.1 Å². The number of halogens is 1. The van der Waals surface area contributed by atoms with Crippen molar-refractivity contribution in [3.05, 3.63) is 81.3 Å². The largest absolute Gasteiger partial charge is 0.456 e. The lowest BCUT2D eigenvalue weighted by Crippen LogP contribution is -1.91. The second-order valence-electron chi connectivity index (χ2n) is 5.59. The molecule has 0 fully saturated rings. The van der Waals surface area contributed by atoms with Crippen LogP contribution in [0.25, 0.3) is 34.5 Å². The molecule has 2 aromatic carbocycles. The lowest BCUT2D eigenvalue weighted by molar-refractivity contribution is -0.384. The van der Waals surface area contributed by atoms with Crippen LogP contribution in [0.1, 0.15) is 11.6 Å². The van der Waals surface area contributed by atoms with Gasteiger partial charge in [-0.05, 0) is 48.6 Å². The quantitative estimate of drug-likeness (QED) is 0.379. The molecular formula is C19H12ClN3O3. The van der Waals surface area contributed by atoms with Crippen LogP contribution in [-0.2, 0) is 0 Å². The van der Waals surface area contributed by atoms with Crippen molar-refractivity contribution in [2.45, 2.75) is 0 Å². The number of aromatic amines is 1. The summed E-state index contributed by atoms with van der Waals surface area (Å²) >= 11 is 5.85. The van der Waals surface area contributed by atoms with Crippen LogP contribution in [0.3, 0.4) is 0 Å². The highest BCUT2D eigenvalue weighted by atomic mass is 35.5. The molecule has 0 bridgehead atoms. The van der Waals surface area contributed by atoms with Crippen LogP contribution in [-0.4, -0.2) is 14.9 Å². The Morgan fingerprint density at radius 1 is 1.12 bits per heavy atom. The maximum atomic E-state index is 11.2. The summed E-state index contributed by atoms with van der Waals surface area (Å²) in [6, 6.07) is 15.6. The number of hydrogen-bond donors (Lipinski definition) is 1. The summed E-state index contributed by atoms with van der Waals surface area (Å²) in [5, 5.41) is 11.5. The summed E-state index contributed by atoms with van der Waals surface area (Å²) in [5.41, 5.74) is 2.11. The molecule has 128 valence electrons. The standard InChI is InChI=1S/C19H12ClN3O3/c20-12-5-8-14(17(11-12)23(24)25)18-9-6-13(26-18)7-10-19-21-15-3-1-2-4-16(15)22-19/h1-11H,(H,21,22)/b10-7+. The molecule has 4 aromatic rings. The average molecular weight is 366 g/mol. The van der Waals surface area contributed by atoms with E-state index in [0.29, 0.717) is 27.9 Å². The third-order valence-corrected chi connectivity index (χ3v) is 4.10. The molecule has 0 aliphatic carbocycles. The van der Waals surface area contributed by atoms with Crippen LogP contribution in [0.5, 0.6) is 0 Å². The van der Waals surface area contributed by atoms with Gasteiger partial charge in [0.1, 0.15) is 17.3 Å². The number of para-hydroxylation sites is 2. The third kappa shape index (κ3) is 3.10. The second kappa shape index (κ2) is 6.50. The van der Waals surface area contributed by atoms with E-state index < -0.39 is 4.92 Å². The van der Waals surface area contributed by atoms with E-state index in [0.717, 1.165) is 11.0 Å². The van der Waals surface area contributed by atoms with E-state index in [1.165, 1.54) is 6.07 Å². The summed E-state index contributed by atoms with van der Waals surface area (Å²) < 4.78 is 5.72. The molecule has 0 saturated heterocycles. The number of rotatable bonds is 4. The van der Waals surface area contributed by atoms with Crippen molar-refractivity contribution >= 4 is 40.5 Å². The minimum atomic E-state index is -0.479. The van der Waals surface area contributed by atoms with E-state index in [2.05, 4.69) is 9.97 Å². The zero-order valence-electron chi connectivity index (χ0n) is 13.3. The zero-order chi connectivity index (χ0) is 18.1. The van der Waals surface area contributed by atoms with E-state index in [4.69, 9.17) is 16.0 Å². The maximum absolute atomic E-state index is 11.2. The Morgan fingerprint density at radius 3 is 2.77 bits per heavy atom. The van der Waals surface area contributed by atoms with Gasteiger partial charge >= 0.3 is 0 Å². The summed E-state index contributed by atoms with van der Waals surface area (Å²) in [7, 11) is 0. The summed E-state index contributed by atoms with van der Waals surface area (Å²) in [5.74, 6) is 1.66. The fourth-order valence-electron chi connectivity index (χ4n) is 2.66. The molecule has 2 aromatic heterocycles. The fourth-order valence-corrected chi connectivity index (χ4v) is 2.83. The molecule has 1 N–H and O–H groups in total. The first-order valence-electron chi connectivity index (χ1n) is 7.77. The van der Waals surface area contributed by atoms with Crippen molar-refractivity contribution in [1.29, 1.82) is 0 Å². The minimum absolute atomic E-state index is 0.0975. The summed E-state index contributed by atoms with van der Waals surface area (Å²) in [6.45, 7) is 0. The molecule has 0 amide bonds. The van der Waals surface area contributed by atoms with Crippen LogP contribution in [0.15, 0.2) is 59.0 Å². The van der Waals surface area contributed by atoms with E-state index in [9.17, 15) is 10.1 Å². The molecule has 4 rings (SSSR count). The monoisotopic (exact) mass is 365 g/mol. The van der Waals surface area contributed by atoms with Crippen molar-refractivity contribution in [1.82, 2.24) is 9.97 Å². The first-order valence-corrected chi connectivity index (χ1v) is 8.15. The average Bonchev–Trinajstić information content (AvgIpc) is 3.26. The highest BCUT2D eigenvalue weighted by molar-refractivity contribution is 6.30. The van der Waals surface area contributed by atoms with Crippen molar-refractivity contribution in [3.8, 4) is 11.3 Å². The van der Waals surface area contributed by atoms with Crippen molar-refractivity contribution in [2.75, 3.05) is 0 Å². The number of nitro groups is 1. The van der Waals surface area contributed by atoms with Crippen LogP contribution < -0.4 is 0 Å². The predicted octanol–water partition coefficient (Wildman–Crippen LogP) is 5.55. The number of fused-ring (bicyclic) bond motifs is 1. The van der Waals surface area contributed by atoms with E-state index >= 15 is 0 Å². The Balaban J connectivity index is 1.63. The Kier molecular flexibility index (Phi) is 4.02. The number of furan rings is 1. The number of nitrogens with one attached hydrogen (secondary N) is 1. The van der Waals surface area contributed by atoms with Gasteiger partial charge < -0.3 is 9.40 Å². The molecule has 0 unspecified atom stereocenters. The van der Waals surface area contributed by atoms with Gasteiger partial charge in [0.25, 0.3) is 5.69 Å². The van der Waals surface area contributed by atoms with Crippen molar-refractivity contribution in [2.24, 2.45) is 0 Å². The number of hydrogen-bond acceptors (Lipinski definition) is 4. The van der Waals surface area contributed by atoms with Gasteiger partial charge in [0.05, 0.1) is 21.5 Å². The smallest absolute Gasteiger partial charge is 0.281 e. The highest BCUT2D eigenvalue weighted by Crippen LogP contribution is 2.33. The Labute approximate surface area is 152 Å². The molecule has 2 heterocycles. The van der Waals surface area contributed by atoms with Crippen LogP contribution in [0.4, 0.5) is 5.69 Å². The van der Waals surface area contributed by atoms with Gasteiger partial charge in [-0.1, -0.05) is 23.7 Å². The molecule has 0 atom stereocenters. The van der Waals surface area contributed by atoms with E-state index in [1.807, 2.05) is 24.3 Å². The number of benzene rings is 2. The number of nitro benzene ring substituents is 1. The molecule has 7 heteroatoms. The normalized spacial score (nSPS) is 11.4. The molecule has 0 spiro atoms. The molecule has 0 aliphatic rings. The van der Waals surface area contributed by atoms with Gasteiger partial charge in [-0.3, -0.25) is 10.1 Å². The minimum Gasteiger partial charge on any atom is -0.456 e. The summed E-state index contributed by atoms with van der Waals surface area (Å²) in [6.07, 6.45) is 3.54. The number of H-pyrrole nitrogens is 1. The molecule has 6 nitrogen and oxygen atoms in total. The Bertz CT molecular complexity index is 1110. The lowest BCUT2D eigenvalue weighted by Gasteiger charge is -2.00. The van der Waals surface area contributed by atoms with Gasteiger partial charge in [0.15, 0.2) is 0 Å². The van der Waals surface area contributed by atoms with Crippen molar-refractivity contribution < 1.29 is 9.34 Å². The van der Waals surface area contributed by atoms with Crippen LogP contribution in [0.2, 0.25) is 5.02 Å². The lowest BCUT2D eigenvalue weighted by atomic mass is 10.1.